The van der Waals surface area contributed by atoms with Crippen LogP contribution < -0.4 is 18.9 Å². The number of epoxide rings is 6. The maximum Gasteiger partial charge on any atom is 0.177 e. The van der Waals surface area contributed by atoms with Crippen LogP contribution in [0, 0.1) is 0 Å². The highest BCUT2D eigenvalue weighted by Crippen LogP contribution is 2.56. The number of sulfone groups is 1. The molecule has 8 unspecified atom stereocenters. The Morgan fingerprint density at radius 2 is 0.769 bits per heavy atom. The summed E-state index contributed by atoms with van der Waals surface area (Å²) in [6, 6.07) is 19.0. The summed E-state index contributed by atoms with van der Waals surface area (Å²) in [5, 5.41) is 2.70. The Kier molecular flexibility index (Phi) is 10.6. The standard InChI is InChI=1S/C50H50O14S/c51-65(52,49(15-11-31(12-16-49)53-19-33-21-55-33)41-7-9-45(63-29-37-25-59-37)47-39(41)3-1-5-43(47)61-27-35-23-57-35)50(17-13-32(14-18-50)54-20-34-22-56-34)42-8-10-46(64-30-38-26-60-38)48-40(42)4-2-6-44(48)62-28-36-24-58-36/h1-15,17,33-38H,16,18-30H2. The Morgan fingerprint density at radius 3 is 1.08 bits per heavy atom. The van der Waals surface area contributed by atoms with Gasteiger partial charge in [0.05, 0.1) is 50.4 Å². The van der Waals surface area contributed by atoms with Gasteiger partial charge < -0.3 is 56.8 Å². The van der Waals surface area contributed by atoms with E-state index in [0.29, 0.717) is 146 Å². The van der Waals surface area contributed by atoms with Crippen molar-refractivity contribution in [3.05, 3.63) is 120 Å². The van der Waals surface area contributed by atoms with Gasteiger partial charge in [-0.1, -0.05) is 48.6 Å². The molecule has 4 aromatic carbocycles. The average molecular weight is 907 g/mol. The van der Waals surface area contributed by atoms with Crippen LogP contribution in [0.15, 0.2) is 109 Å². The van der Waals surface area contributed by atoms with E-state index in [0.717, 1.165) is 0 Å². The highest BCUT2D eigenvalue weighted by Gasteiger charge is 2.57. The molecule has 4 aromatic rings. The molecule has 65 heavy (non-hydrogen) atoms. The van der Waals surface area contributed by atoms with E-state index in [2.05, 4.69) is 0 Å². The number of rotatable bonds is 22. The fourth-order valence-electron chi connectivity index (χ4n) is 8.83. The molecule has 8 aliphatic rings. The van der Waals surface area contributed by atoms with E-state index in [9.17, 15) is 0 Å². The predicted octanol–water partition coefficient (Wildman–Crippen LogP) is 6.13. The third-order valence-corrected chi connectivity index (χ3v) is 16.0. The zero-order valence-electron chi connectivity index (χ0n) is 35.7. The Balaban J connectivity index is 1.04. The summed E-state index contributed by atoms with van der Waals surface area (Å²) < 4.78 is 102. The molecule has 0 aromatic heterocycles. The van der Waals surface area contributed by atoms with Gasteiger partial charge in [0.25, 0.3) is 0 Å². The zero-order valence-corrected chi connectivity index (χ0v) is 36.5. The van der Waals surface area contributed by atoms with Crippen molar-refractivity contribution in [3.8, 4) is 23.0 Å². The molecule has 15 heteroatoms. The van der Waals surface area contributed by atoms with Crippen LogP contribution in [0.2, 0.25) is 0 Å². The highest BCUT2D eigenvalue weighted by atomic mass is 32.2. The van der Waals surface area contributed by atoms with Gasteiger partial charge >= 0.3 is 0 Å². The minimum Gasteiger partial charge on any atom is -0.491 e. The van der Waals surface area contributed by atoms with E-state index in [1.54, 1.807) is 24.3 Å². The van der Waals surface area contributed by atoms with Crippen molar-refractivity contribution in [1.29, 1.82) is 0 Å². The molecule has 14 nitrogen and oxygen atoms in total. The normalized spacial score (nSPS) is 30.3. The lowest BCUT2D eigenvalue weighted by atomic mass is 9.85. The summed E-state index contributed by atoms with van der Waals surface area (Å²) in [5.41, 5.74) is 1.14. The molecule has 0 saturated carbocycles. The molecule has 0 amide bonds. The van der Waals surface area contributed by atoms with Crippen molar-refractivity contribution in [2.75, 3.05) is 79.3 Å². The maximum absolute atomic E-state index is 17.0. The molecule has 8 atom stereocenters. The number of hydrogen-bond donors (Lipinski definition) is 0. The second-order valence-electron chi connectivity index (χ2n) is 17.7. The number of allylic oxidation sites excluding steroid dienone is 4. The van der Waals surface area contributed by atoms with Crippen LogP contribution in [-0.2, 0) is 57.2 Å². The first-order valence-electron chi connectivity index (χ1n) is 22.5. The van der Waals surface area contributed by atoms with Crippen molar-refractivity contribution < 1.29 is 65.3 Å². The molecule has 340 valence electrons. The molecule has 0 spiro atoms. The van der Waals surface area contributed by atoms with E-state index >= 15 is 8.42 Å². The first kappa shape index (κ1) is 41.3. The predicted molar refractivity (Wildman–Crippen MR) is 236 cm³/mol. The van der Waals surface area contributed by atoms with Gasteiger partial charge in [-0.3, -0.25) is 0 Å². The van der Waals surface area contributed by atoms with Crippen LogP contribution in [0.25, 0.3) is 21.5 Å². The monoisotopic (exact) mass is 906 g/mol. The van der Waals surface area contributed by atoms with Gasteiger partial charge in [0.1, 0.15) is 120 Å². The van der Waals surface area contributed by atoms with Gasteiger partial charge in [-0.25, -0.2) is 8.42 Å². The van der Waals surface area contributed by atoms with Crippen molar-refractivity contribution >= 4 is 31.4 Å². The van der Waals surface area contributed by atoms with E-state index in [4.69, 9.17) is 56.8 Å². The van der Waals surface area contributed by atoms with Crippen molar-refractivity contribution in [2.45, 2.75) is 59.0 Å². The van der Waals surface area contributed by atoms with Crippen LogP contribution in [-0.4, -0.2) is 124 Å². The molecule has 0 radical (unpaired) electrons. The van der Waals surface area contributed by atoms with Crippen LogP contribution in [0.5, 0.6) is 23.0 Å². The Labute approximate surface area is 376 Å². The molecule has 0 bridgehead atoms. The van der Waals surface area contributed by atoms with Gasteiger partial charge in [-0.15, -0.1) is 0 Å². The second-order valence-corrected chi connectivity index (χ2v) is 20.2. The third kappa shape index (κ3) is 8.36. The fourth-order valence-corrected chi connectivity index (χ4v) is 11.5. The highest BCUT2D eigenvalue weighted by molar-refractivity contribution is 7.93. The van der Waals surface area contributed by atoms with E-state index < -0.39 is 19.3 Å². The van der Waals surface area contributed by atoms with Gasteiger partial charge in [-0.2, -0.15) is 0 Å². The Hall–Kier alpha value is -5.13. The summed E-state index contributed by atoms with van der Waals surface area (Å²) in [6.45, 7) is 5.91. The molecular formula is C50H50O14S. The fraction of sp³-hybridized carbons (Fsp3) is 0.440. The first-order valence-corrected chi connectivity index (χ1v) is 24.0. The quantitative estimate of drug-likeness (QED) is 0.0828. The minimum absolute atomic E-state index is 0.00598. The molecule has 2 aliphatic carbocycles. The molecule has 6 aliphatic heterocycles. The van der Waals surface area contributed by atoms with Crippen LogP contribution >= 0.6 is 0 Å². The van der Waals surface area contributed by atoms with Crippen LogP contribution in [0.3, 0.4) is 0 Å². The second kappa shape index (κ2) is 16.6. The van der Waals surface area contributed by atoms with Gasteiger partial charge in [0.2, 0.25) is 0 Å². The van der Waals surface area contributed by atoms with E-state index in [1.807, 2.05) is 72.8 Å². The topological polar surface area (TPSA) is 165 Å². The van der Waals surface area contributed by atoms with Gasteiger partial charge in [0, 0.05) is 0 Å². The average Bonchev–Trinajstić information content (AvgIpc) is 4.12. The molecular weight excluding hydrogens is 857 g/mol. The summed E-state index contributed by atoms with van der Waals surface area (Å²) in [7, 11) is -4.46. The van der Waals surface area contributed by atoms with Crippen LogP contribution in [0.4, 0.5) is 0 Å². The van der Waals surface area contributed by atoms with Gasteiger partial charge in [0.15, 0.2) is 9.84 Å². The van der Waals surface area contributed by atoms with E-state index in [1.165, 1.54) is 0 Å². The van der Waals surface area contributed by atoms with Crippen molar-refractivity contribution in [2.24, 2.45) is 0 Å². The molecule has 6 fully saturated rings. The van der Waals surface area contributed by atoms with Crippen LogP contribution in [0.1, 0.15) is 24.0 Å². The Bertz CT molecular complexity index is 2500. The largest absolute Gasteiger partial charge is 0.491 e. The molecule has 0 N–H and O–H groups in total. The molecule has 6 heterocycles. The smallest absolute Gasteiger partial charge is 0.177 e. The first-order chi connectivity index (χ1) is 31.9. The van der Waals surface area contributed by atoms with E-state index in [-0.39, 0.29) is 49.5 Å². The number of ether oxygens (including phenoxy) is 12. The van der Waals surface area contributed by atoms with Gasteiger partial charge in [-0.05, 0) is 83.3 Å². The SMILES string of the molecule is O=S(=O)(C1(c2ccc(OCC3CO3)c3c(OCC4CO4)cccc23)C=CC(OCC2CO2)=CC1)C1(c2ccc(OCC3CO3)c3c(OCC4CO4)cccc23)C=CC(OCC2CO2)=CC1. The Morgan fingerprint density at radius 1 is 0.446 bits per heavy atom. The minimum atomic E-state index is -4.46. The maximum atomic E-state index is 17.0. The summed E-state index contributed by atoms with van der Waals surface area (Å²) in [6.07, 6.45) is 11.1. The number of benzene rings is 4. The third-order valence-electron chi connectivity index (χ3n) is 13.0. The summed E-state index contributed by atoms with van der Waals surface area (Å²) in [4.78, 5) is 0. The molecule has 6 saturated heterocycles. The van der Waals surface area contributed by atoms with Crippen molar-refractivity contribution in [3.63, 3.8) is 0 Å². The lowest BCUT2D eigenvalue weighted by Gasteiger charge is -2.43. The van der Waals surface area contributed by atoms with Crippen molar-refractivity contribution in [1.82, 2.24) is 0 Å². The lowest BCUT2D eigenvalue weighted by Crippen LogP contribution is -2.48. The lowest BCUT2D eigenvalue weighted by molar-refractivity contribution is 0.190. The number of hydrogen-bond acceptors (Lipinski definition) is 14. The summed E-state index contributed by atoms with van der Waals surface area (Å²) in [5.74, 6) is 3.44. The molecule has 12 rings (SSSR count). The number of fused-ring (bicyclic) bond motifs is 2. The summed E-state index contributed by atoms with van der Waals surface area (Å²) >= 11 is 0. The zero-order chi connectivity index (χ0) is 43.6.